The topological polar surface area (TPSA) is 97.7 Å². The van der Waals surface area contributed by atoms with Crippen LogP contribution < -0.4 is 15.6 Å². The number of nitrogens with one attached hydrogen (secondary N) is 1. The number of ether oxygens (including phenoxy) is 1. The molecule has 2 heterocycles. The fraction of sp³-hybridized carbons (Fsp3) is 0.280. The first-order chi connectivity index (χ1) is 16.4. The third-order valence-corrected chi connectivity index (χ3v) is 7.73. The Morgan fingerprint density at radius 3 is 2.44 bits per heavy atom. The first-order valence-electron chi connectivity index (χ1n) is 11.1. The average Bonchev–Trinajstić information content (AvgIpc) is 2.86. The number of methoxy groups -OCH3 is 1. The predicted octanol–water partition coefficient (Wildman–Crippen LogP) is 3.33. The van der Waals surface area contributed by atoms with Gasteiger partial charge in [0.15, 0.2) is 0 Å². The number of carbonyl (C=O) groups is 1. The van der Waals surface area contributed by atoms with Crippen molar-refractivity contribution in [2.75, 3.05) is 25.5 Å². The van der Waals surface area contributed by atoms with E-state index in [0.717, 1.165) is 24.8 Å². The van der Waals surface area contributed by atoms with Gasteiger partial charge in [-0.2, -0.15) is 4.31 Å². The first-order valence-corrected chi connectivity index (χ1v) is 12.6. The lowest BCUT2D eigenvalue weighted by molar-refractivity contribution is 0.102. The van der Waals surface area contributed by atoms with Crippen LogP contribution in [-0.4, -0.2) is 43.4 Å². The van der Waals surface area contributed by atoms with Crippen LogP contribution in [0.15, 0.2) is 76.6 Å². The summed E-state index contributed by atoms with van der Waals surface area (Å²) in [5, 5.41) is 2.67. The Morgan fingerprint density at radius 1 is 1.00 bits per heavy atom. The molecular formula is C25H27N3O5S. The third kappa shape index (κ3) is 5.05. The second-order valence-electron chi connectivity index (χ2n) is 8.13. The van der Waals surface area contributed by atoms with Gasteiger partial charge in [0.1, 0.15) is 16.2 Å². The molecule has 34 heavy (non-hydrogen) atoms. The Kier molecular flexibility index (Phi) is 7.14. The summed E-state index contributed by atoms with van der Waals surface area (Å²) in [4.78, 5) is 25.8. The molecule has 1 aliphatic rings. The van der Waals surface area contributed by atoms with Gasteiger partial charge >= 0.3 is 0 Å². The molecule has 0 spiro atoms. The van der Waals surface area contributed by atoms with Crippen molar-refractivity contribution < 1.29 is 17.9 Å². The molecule has 0 radical (unpaired) electrons. The maximum Gasteiger partial charge on any atom is 0.263 e. The number of nitrogens with zero attached hydrogens (tertiary/aromatic N) is 2. The van der Waals surface area contributed by atoms with E-state index in [0.29, 0.717) is 19.6 Å². The number of piperidine rings is 1. The molecule has 1 N–H and O–H groups in total. The van der Waals surface area contributed by atoms with Crippen molar-refractivity contribution in [2.24, 2.45) is 0 Å². The minimum Gasteiger partial charge on any atom is -0.495 e. The predicted molar refractivity (Wildman–Crippen MR) is 130 cm³/mol. The van der Waals surface area contributed by atoms with Crippen molar-refractivity contribution >= 4 is 21.6 Å². The van der Waals surface area contributed by atoms with E-state index >= 15 is 0 Å². The quantitative estimate of drug-likeness (QED) is 0.558. The third-order valence-electron chi connectivity index (χ3n) is 5.81. The van der Waals surface area contributed by atoms with Crippen LogP contribution in [0.4, 0.5) is 5.69 Å². The van der Waals surface area contributed by atoms with Gasteiger partial charge in [0, 0.05) is 25.0 Å². The first kappa shape index (κ1) is 23.7. The molecule has 0 saturated carbocycles. The number of hydrogen-bond donors (Lipinski definition) is 1. The molecule has 8 nitrogen and oxygen atoms in total. The summed E-state index contributed by atoms with van der Waals surface area (Å²) in [7, 11) is -2.38. The monoisotopic (exact) mass is 481 g/mol. The van der Waals surface area contributed by atoms with Gasteiger partial charge in [-0.1, -0.05) is 36.8 Å². The summed E-state index contributed by atoms with van der Waals surface area (Å²) < 4.78 is 34.6. The second kappa shape index (κ2) is 10.2. The molecular weight excluding hydrogens is 454 g/mol. The van der Waals surface area contributed by atoms with E-state index in [1.54, 1.807) is 18.3 Å². The summed E-state index contributed by atoms with van der Waals surface area (Å²) in [5.41, 5.74) is 0.734. The van der Waals surface area contributed by atoms with Gasteiger partial charge in [0.2, 0.25) is 10.0 Å². The average molecular weight is 482 g/mol. The van der Waals surface area contributed by atoms with Gasteiger partial charge in [0.05, 0.1) is 13.7 Å². The van der Waals surface area contributed by atoms with Gasteiger partial charge in [-0.15, -0.1) is 0 Å². The summed E-state index contributed by atoms with van der Waals surface area (Å²) >= 11 is 0. The van der Waals surface area contributed by atoms with Crippen LogP contribution in [0.2, 0.25) is 0 Å². The van der Waals surface area contributed by atoms with E-state index in [-0.39, 0.29) is 21.9 Å². The molecule has 0 aliphatic carbocycles. The Bertz CT molecular complexity index is 1330. The van der Waals surface area contributed by atoms with E-state index in [9.17, 15) is 18.0 Å². The number of aromatic nitrogens is 1. The summed E-state index contributed by atoms with van der Waals surface area (Å²) in [6.45, 7) is 1.24. The highest BCUT2D eigenvalue weighted by atomic mass is 32.2. The van der Waals surface area contributed by atoms with E-state index in [4.69, 9.17) is 4.74 Å². The molecule has 1 fully saturated rings. The van der Waals surface area contributed by atoms with Crippen LogP contribution in [0.3, 0.4) is 0 Å². The number of anilines is 1. The standard InChI is InChI=1S/C25H27N3O5S/c1-33-22-13-12-20(17-23(22)34(31,32)28-15-6-3-7-16-28)26-24(29)21-11-8-14-27(25(21)30)18-19-9-4-2-5-10-19/h2,4-5,8-14,17H,3,6-7,15-16,18H2,1H3,(H,26,29). The van der Waals surface area contributed by atoms with Crippen LogP contribution in [-0.2, 0) is 16.6 Å². The molecule has 0 unspecified atom stereocenters. The molecule has 1 aromatic heterocycles. The number of sulfonamides is 1. The summed E-state index contributed by atoms with van der Waals surface area (Å²) in [5.74, 6) is -0.410. The molecule has 3 aromatic rings. The van der Waals surface area contributed by atoms with Crippen LogP contribution in [0.5, 0.6) is 5.75 Å². The van der Waals surface area contributed by atoms with Gasteiger partial charge < -0.3 is 14.6 Å². The molecule has 178 valence electrons. The van der Waals surface area contributed by atoms with Crippen molar-refractivity contribution in [2.45, 2.75) is 30.7 Å². The fourth-order valence-corrected chi connectivity index (χ4v) is 5.71. The van der Waals surface area contributed by atoms with E-state index in [1.807, 2.05) is 30.3 Å². The highest BCUT2D eigenvalue weighted by Crippen LogP contribution is 2.31. The maximum absolute atomic E-state index is 13.2. The van der Waals surface area contributed by atoms with Crippen LogP contribution in [0.1, 0.15) is 35.2 Å². The van der Waals surface area contributed by atoms with Gasteiger partial charge in [-0.3, -0.25) is 9.59 Å². The van der Waals surface area contributed by atoms with Gasteiger partial charge in [-0.05, 0) is 48.7 Å². The zero-order valence-corrected chi connectivity index (χ0v) is 19.8. The zero-order valence-electron chi connectivity index (χ0n) is 18.9. The highest BCUT2D eigenvalue weighted by molar-refractivity contribution is 7.89. The Balaban J connectivity index is 1.60. The number of hydrogen-bond acceptors (Lipinski definition) is 5. The Morgan fingerprint density at radius 2 is 1.74 bits per heavy atom. The summed E-state index contributed by atoms with van der Waals surface area (Å²) in [6, 6.07) is 17.0. The van der Waals surface area contributed by atoms with E-state index in [2.05, 4.69) is 5.32 Å². The van der Waals surface area contributed by atoms with Crippen LogP contribution >= 0.6 is 0 Å². The van der Waals surface area contributed by atoms with Crippen LogP contribution in [0.25, 0.3) is 0 Å². The van der Waals surface area contributed by atoms with E-state index in [1.165, 1.54) is 34.2 Å². The van der Waals surface area contributed by atoms with Gasteiger partial charge in [-0.25, -0.2) is 8.42 Å². The lowest BCUT2D eigenvalue weighted by Crippen LogP contribution is -2.35. The lowest BCUT2D eigenvalue weighted by atomic mass is 10.2. The minimum absolute atomic E-state index is 0.00995. The van der Waals surface area contributed by atoms with Crippen molar-refractivity contribution in [3.63, 3.8) is 0 Å². The minimum atomic E-state index is -3.79. The number of benzene rings is 2. The van der Waals surface area contributed by atoms with Crippen molar-refractivity contribution in [1.82, 2.24) is 8.87 Å². The molecule has 1 saturated heterocycles. The maximum atomic E-state index is 13.2. The Hall–Kier alpha value is -3.43. The highest BCUT2D eigenvalue weighted by Gasteiger charge is 2.29. The Labute approximate surface area is 198 Å². The molecule has 1 aliphatic heterocycles. The number of pyridine rings is 1. The molecule has 1 amide bonds. The number of carbonyl (C=O) groups excluding carboxylic acids is 1. The summed E-state index contributed by atoms with van der Waals surface area (Å²) in [6.07, 6.45) is 4.24. The second-order valence-corrected chi connectivity index (χ2v) is 10.0. The zero-order chi connectivity index (χ0) is 24.1. The fourth-order valence-electron chi connectivity index (χ4n) is 4.01. The smallest absolute Gasteiger partial charge is 0.263 e. The lowest BCUT2D eigenvalue weighted by Gasteiger charge is -2.26. The largest absolute Gasteiger partial charge is 0.495 e. The molecule has 0 atom stereocenters. The van der Waals surface area contributed by atoms with Gasteiger partial charge in [0.25, 0.3) is 11.5 Å². The van der Waals surface area contributed by atoms with Crippen molar-refractivity contribution in [3.05, 3.63) is 88.3 Å². The number of amides is 1. The normalized spacial score (nSPS) is 14.5. The molecule has 4 rings (SSSR count). The number of rotatable bonds is 7. The van der Waals surface area contributed by atoms with Crippen molar-refractivity contribution in [3.8, 4) is 5.75 Å². The molecule has 2 aromatic carbocycles. The van der Waals surface area contributed by atoms with Crippen LogP contribution in [0, 0.1) is 0 Å². The molecule has 0 bridgehead atoms. The van der Waals surface area contributed by atoms with E-state index < -0.39 is 21.5 Å². The van der Waals surface area contributed by atoms with Crippen molar-refractivity contribution in [1.29, 1.82) is 0 Å². The SMILES string of the molecule is COc1ccc(NC(=O)c2cccn(Cc3ccccc3)c2=O)cc1S(=O)(=O)N1CCCCC1. The molecule has 9 heteroatoms.